The molecule has 2 aliphatic rings. The molecule has 2 saturated heterocycles. The Balaban J connectivity index is 1.83. The molecule has 0 bridgehead atoms. The number of nitrogens with two attached hydrogens (primary N) is 1. The fraction of sp³-hybridized carbons (Fsp3) is 0.867. The van der Waals surface area contributed by atoms with E-state index in [0.717, 1.165) is 19.4 Å². The highest BCUT2D eigenvalue weighted by Crippen LogP contribution is 2.21. The number of hydrogen-bond donors (Lipinski definition) is 1. The van der Waals surface area contributed by atoms with E-state index in [-0.39, 0.29) is 11.8 Å². The lowest BCUT2D eigenvalue weighted by atomic mass is 9.92. The lowest BCUT2D eigenvalue weighted by Crippen LogP contribution is -2.55. The van der Waals surface area contributed by atoms with Gasteiger partial charge >= 0.3 is 0 Å². The molecule has 2 N–H and O–H groups in total. The van der Waals surface area contributed by atoms with Crippen LogP contribution in [0.25, 0.3) is 0 Å². The lowest BCUT2D eigenvalue weighted by molar-refractivity contribution is -0.139. The summed E-state index contributed by atoms with van der Waals surface area (Å²) in [7, 11) is 0. The Bertz CT molecular complexity index is 380. The Kier molecular flexibility index (Phi) is 5.58. The first kappa shape index (κ1) is 16.2. The number of nitrogens with zero attached hydrogens (tertiary/aromatic N) is 3. The van der Waals surface area contributed by atoms with Crippen LogP contribution in [0.2, 0.25) is 0 Å². The van der Waals surface area contributed by atoms with Gasteiger partial charge in [-0.3, -0.25) is 14.5 Å². The average molecular weight is 296 g/mol. The third-order valence-corrected chi connectivity index (χ3v) is 4.79. The van der Waals surface area contributed by atoms with Gasteiger partial charge in [-0.05, 0) is 25.3 Å². The van der Waals surface area contributed by atoms with Crippen molar-refractivity contribution >= 4 is 11.8 Å². The van der Waals surface area contributed by atoms with Gasteiger partial charge in [0, 0.05) is 45.7 Å². The van der Waals surface area contributed by atoms with Crippen molar-refractivity contribution < 1.29 is 9.59 Å². The zero-order valence-corrected chi connectivity index (χ0v) is 13.3. The number of carbonyl (C=O) groups excluding carboxylic acids is 2. The molecule has 2 rings (SSSR count). The van der Waals surface area contributed by atoms with Gasteiger partial charge in [0.25, 0.3) is 0 Å². The first-order chi connectivity index (χ1) is 10.0. The SMILES string of the molecule is CC(=O)N1CCN(C(=O)CN2CCC(C)CC2CN)CC1. The van der Waals surface area contributed by atoms with Crippen molar-refractivity contribution in [2.24, 2.45) is 11.7 Å². The molecule has 0 spiro atoms. The number of piperidine rings is 1. The van der Waals surface area contributed by atoms with Crippen LogP contribution in [0.3, 0.4) is 0 Å². The minimum absolute atomic E-state index is 0.0929. The fourth-order valence-electron chi connectivity index (χ4n) is 3.30. The smallest absolute Gasteiger partial charge is 0.236 e. The van der Waals surface area contributed by atoms with Gasteiger partial charge in [-0.2, -0.15) is 0 Å². The van der Waals surface area contributed by atoms with Gasteiger partial charge in [0.05, 0.1) is 6.54 Å². The Hall–Kier alpha value is -1.14. The van der Waals surface area contributed by atoms with E-state index in [1.54, 1.807) is 11.8 Å². The van der Waals surface area contributed by atoms with Crippen LogP contribution in [0.1, 0.15) is 26.7 Å². The standard InChI is InChI=1S/C15H28N4O2/c1-12-3-4-19(14(9-12)10-16)11-15(21)18-7-5-17(6-8-18)13(2)20/h12,14H,3-11,16H2,1-2H3. The zero-order chi connectivity index (χ0) is 15.4. The van der Waals surface area contributed by atoms with Crippen LogP contribution in [-0.2, 0) is 9.59 Å². The van der Waals surface area contributed by atoms with E-state index in [9.17, 15) is 9.59 Å². The third kappa shape index (κ3) is 4.17. The molecule has 2 atom stereocenters. The van der Waals surface area contributed by atoms with E-state index in [2.05, 4.69) is 11.8 Å². The van der Waals surface area contributed by atoms with Crippen LogP contribution < -0.4 is 5.73 Å². The number of likely N-dealkylation sites (tertiary alicyclic amines) is 1. The maximum absolute atomic E-state index is 12.4. The van der Waals surface area contributed by atoms with E-state index in [1.165, 1.54) is 0 Å². The summed E-state index contributed by atoms with van der Waals surface area (Å²) in [4.78, 5) is 29.6. The van der Waals surface area contributed by atoms with E-state index in [0.29, 0.717) is 51.2 Å². The third-order valence-electron chi connectivity index (χ3n) is 4.79. The second-order valence-electron chi connectivity index (χ2n) is 6.38. The minimum atomic E-state index is 0.0929. The normalized spacial score (nSPS) is 27.8. The highest BCUT2D eigenvalue weighted by atomic mass is 16.2. The zero-order valence-electron chi connectivity index (χ0n) is 13.3. The van der Waals surface area contributed by atoms with Crippen LogP contribution in [-0.4, -0.2) is 78.4 Å². The van der Waals surface area contributed by atoms with Gasteiger partial charge in [0.1, 0.15) is 0 Å². The quantitative estimate of drug-likeness (QED) is 0.779. The fourth-order valence-corrected chi connectivity index (χ4v) is 3.30. The molecule has 21 heavy (non-hydrogen) atoms. The van der Waals surface area contributed by atoms with Crippen molar-refractivity contribution in [3.05, 3.63) is 0 Å². The Morgan fingerprint density at radius 1 is 1.10 bits per heavy atom. The first-order valence-corrected chi connectivity index (χ1v) is 7.98. The number of rotatable bonds is 3. The molecule has 2 unspecified atom stereocenters. The van der Waals surface area contributed by atoms with Crippen LogP contribution in [0.5, 0.6) is 0 Å². The molecule has 0 radical (unpaired) electrons. The summed E-state index contributed by atoms with van der Waals surface area (Å²) in [6, 6.07) is 0.330. The lowest BCUT2D eigenvalue weighted by Gasteiger charge is -2.40. The molecule has 2 aliphatic heterocycles. The largest absolute Gasteiger partial charge is 0.339 e. The van der Waals surface area contributed by atoms with Crippen molar-refractivity contribution in [1.82, 2.24) is 14.7 Å². The van der Waals surface area contributed by atoms with Crippen molar-refractivity contribution in [1.29, 1.82) is 0 Å². The second-order valence-corrected chi connectivity index (χ2v) is 6.38. The van der Waals surface area contributed by atoms with E-state index in [4.69, 9.17) is 5.73 Å². The molecule has 0 aromatic rings. The van der Waals surface area contributed by atoms with Crippen LogP contribution >= 0.6 is 0 Å². The van der Waals surface area contributed by atoms with Gasteiger partial charge in [0.2, 0.25) is 11.8 Å². The Labute approximate surface area is 127 Å². The van der Waals surface area contributed by atoms with Gasteiger partial charge < -0.3 is 15.5 Å². The second kappa shape index (κ2) is 7.22. The van der Waals surface area contributed by atoms with E-state index < -0.39 is 0 Å². The molecule has 0 aliphatic carbocycles. The van der Waals surface area contributed by atoms with Gasteiger partial charge in [-0.25, -0.2) is 0 Å². The van der Waals surface area contributed by atoms with Crippen LogP contribution in [0, 0.1) is 5.92 Å². The predicted octanol–water partition coefficient (Wildman–Crippen LogP) is -0.264. The van der Waals surface area contributed by atoms with E-state index >= 15 is 0 Å². The first-order valence-electron chi connectivity index (χ1n) is 7.98. The summed E-state index contributed by atoms with van der Waals surface area (Å²) in [5.41, 5.74) is 5.85. The minimum Gasteiger partial charge on any atom is -0.339 e. The Morgan fingerprint density at radius 2 is 1.71 bits per heavy atom. The number of amides is 2. The molecular formula is C15H28N4O2. The maximum atomic E-state index is 12.4. The highest BCUT2D eigenvalue weighted by Gasteiger charge is 2.29. The van der Waals surface area contributed by atoms with Crippen molar-refractivity contribution in [3.8, 4) is 0 Å². The molecule has 120 valence electrons. The highest BCUT2D eigenvalue weighted by molar-refractivity contribution is 5.79. The van der Waals surface area contributed by atoms with Gasteiger partial charge in [-0.1, -0.05) is 6.92 Å². The molecule has 2 amide bonds. The summed E-state index contributed by atoms with van der Waals surface area (Å²) < 4.78 is 0. The summed E-state index contributed by atoms with van der Waals surface area (Å²) >= 11 is 0. The maximum Gasteiger partial charge on any atom is 0.236 e. The Morgan fingerprint density at radius 3 is 2.29 bits per heavy atom. The molecule has 6 nitrogen and oxygen atoms in total. The number of carbonyl (C=O) groups is 2. The molecule has 2 heterocycles. The molecule has 2 fully saturated rings. The number of hydrogen-bond acceptors (Lipinski definition) is 4. The van der Waals surface area contributed by atoms with E-state index in [1.807, 2.05) is 4.90 Å². The monoisotopic (exact) mass is 296 g/mol. The summed E-state index contributed by atoms with van der Waals surface area (Å²) in [6.45, 7) is 8.48. The number of piperazine rings is 1. The van der Waals surface area contributed by atoms with Crippen molar-refractivity contribution in [3.63, 3.8) is 0 Å². The molecule has 0 aromatic carbocycles. The summed E-state index contributed by atoms with van der Waals surface area (Å²) in [6.07, 6.45) is 2.23. The van der Waals surface area contributed by atoms with Gasteiger partial charge in [0.15, 0.2) is 0 Å². The summed E-state index contributed by atoms with van der Waals surface area (Å²) in [5.74, 6) is 0.963. The average Bonchev–Trinajstić information content (AvgIpc) is 2.49. The molecule has 0 aromatic heterocycles. The molecule has 6 heteroatoms. The summed E-state index contributed by atoms with van der Waals surface area (Å²) in [5, 5.41) is 0. The molecular weight excluding hydrogens is 268 g/mol. The van der Waals surface area contributed by atoms with Gasteiger partial charge in [-0.15, -0.1) is 0 Å². The molecule has 0 saturated carbocycles. The van der Waals surface area contributed by atoms with Crippen molar-refractivity contribution in [2.45, 2.75) is 32.7 Å². The van der Waals surface area contributed by atoms with Crippen LogP contribution in [0.4, 0.5) is 0 Å². The predicted molar refractivity (Wildman–Crippen MR) is 81.6 cm³/mol. The topological polar surface area (TPSA) is 69.9 Å². The van der Waals surface area contributed by atoms with Crippen molar-refractivity contribution in [2.75, 3.05) is 45.8 Å². The van der Waals surface area contributed by atoms with Crippen LogP contribution in [0.15, 0.2) is 0 Å².